The number of nitrogens with one attached hydrogen (secondary N) is 1. The van der Waals surface area contributed by atoms with Crippen molar-refractivity contribution < 1.29 is 9.84 Å². The van der Waals surface area contributed by atoms with E-state index in [1.165, 1.54) is 24.0 Å². The van der Waals surface area contributed by atoms with Gasteiger partial charge in [-0.1, -0.05) is 17.7 Å². The molecule has 0 amide bonds. The summed E-state index contributed by atoms with van der Waals surface area (Å²) in [6, 6.07) is 6.25. The summed E-state index contributed by atoms with van der Waals surface area (Å²) < 4.78 is 5.37. The molecule has 18 heavy (non-hydrogen) atoms. The second-order valence-corrected chi connectivity index (χ2v) is 5.39. The molecule has 0 heterocycles. The van der Waals surface area contributed by atoms with E-state index in [0.29, 0.717) is 12.0 Å². The molecule has 1 fully saturated rings. The van der Waals surface area contributed by atoms with Crippen LogP contribution in [-0.2, 0) is 6.54 Å². The first kappa shape index (κ1) is 13.4. The zero-order valence-corrected chi connectivity index (χ0v) is 11.3. The van der Waals surface area contributed by atoms with Crippen molar-refractivity contribution in [2.45, 2.75) is 32.7 Å². The molecular weight excluding hydrogens is 226 g/mol. The van der Waals surface area contributed by atoms with Crippen molar-refractivity contribution >= 4 is 0 Å². The molecule has 1 aromatic carbocycles. The van der Waals surface area contributed by atoms with Crippen molar-refractivity contribution in [2.75, 3.05) is 20.3 Å². The first-order chi connectivity index (χ1) is 8.69. The van der Waals surface area contributed by atoms with Gasteiger partial charge in [0, 0.05) is 25.3 Å². The summed E-state index contributed by atoms with van der Waals surface area (Å²) in [7, 11) is 1.71. The van der Waals surface area contributed by atoms with Crippen LogP contribution in [0.5, 0.6) is 5.75 Å². The molecule has 0 saturated heterocycles. The standard InChI is InChI=1S/C15H23NO2/c1-12-3-4-14(18-2)13(9-12)10-16-11-15(5-6-15)7-8-17/h3-4,9,16-17H,5-8,10-11H2,1-2H3. The van der Waals surface area contributed by atoms with E-state index in [1.807, 2.05) is 6.07 Å². The summed E-state index contributed by atoms with van der Waals surface area (Å²) in [4.78, 5) is 0. The highest BCUT2D eigenvalue weighted by atomic mass is 16.5. The zero-order chi connectivity index (χ0) is 13.0. The number of methoxy groups -OCH3 is 1. The van der Waals surface area contributed by atoms with Gasteiger partial charge >= 0.3 is 0 Å². The molecule has 3 nitrogen and oxygen atoms in total. The second-order valence-electron chi connectivity index (χ2n) is 5.39. The first-order valence-corrected chi connectivity index (χ1v) is 6.64. The van der Waals surface area contributed by atoms with Gasteiger partial charge in [-0.3, -0.25) is 0 Å². The second kappa shape index (κ2) is 5.72. The average Bonchev–Trinajstić information content (AvgIpc) is 3.10. The Morgan fingerprint density at radius 2 is 2.17 bits per heavy atom. The third-order valence-corrected chi connectivity index (χ3v) is 3.85. The van der Waals surface area contributed by atoms with Crippen LogP contribution in [0.2, 0.25) is 0 Å². The van der Waals surface area contributed by atoms with Gasteiger partial charge in [0.2, 0.25) is 0 Å². The smallest absolute Gasteiger partial charge is 0.123 e. The third-order valence-electron chi connectivity index (χ3n) is 3.85. The maximum absolute atomic E-state index is 9.03. The maximum atomic E-state index is 9.03. The Morgan fingerprint density at radius 3 is 2.78 bits per heavy atom. The maximum Gasteiger partial charge on any atom is 0.123 e. The van der Waals surface area contributed by atoms with Crippen molar-refractivity contribution in [1.82, 2.24) is 5.32 Å². The lowest BCUT2D eigenvalue weighted by molar-refractivity contribution is 0.245. The number of ether oxygens (including phenoxy) is 1. The highest BCUT2D eigenvalue weighted by Gasteiger charge is 2.41. The van der Waals surface area contributed by atoms with Gasteiger partial charge in [0.25, 0.3) is 0 Å². The van der Waals surface area contributed by atoms with Crippen molar-refractivity contribution in [3.8, 4) is 5.75 Å². The minimum absolute atomic E-state index is 0.301. The van der Waals surface area contributed by atoms with E-state index in [9.17, 15) is 0 Å². The number of aliphatic hydroxyl groups excluding tert-OH is 1. The van der Waals surface area contributed by atoms with Crippen LogP contribution in [-0.4, -0.2) is 25.4 Å². The fraction of sp³-hybridized carbons (Fsp3) is 0.600. The van der Waals surface area contributed by atoms with E-state index in [1.54, 1.807) is 7.11 Å². The molecule has 1 aromatic rings. The summed E-state index contributed by atoms with van der Waals surface area (Å²) in [5.74, 6) is 0.945. The van der Waals surface area contributed by atoms with Gasteiger partial charge < -0.3 is 15.2 Å². The van der Waals surface area contributed by atoms with Gasteiger partial charge in [-0.05, 0) is 37.7 Å². The predicted octanol–water partition coefficient (Wildman–Crippen LogP) is 2.26. The Balaban J connectivity index is 1.88. The molecule has 2 N–H and O–H groups in total. The SMILES string of the molecule is COc1ccc(C)cc1CNCC1(CCO)CC1. The van der Waals surface area contributed by atoms with Gasteiger partial charge in [-0.15, -0.1) is 0 Å². The average molecular weight is 249 g/mol. The summed E-state index contributed by atoms with van der Waals surface area (Å²) in [6.45, 7) is 4.22. The fourth-order valence-corrected chi connectivity index (χ4v) is 2.44. The number of hydrogen-bond donors (Lipinski definition) is 2. The number of benzene rings is 1. The number of aryl methyl sites for hydroxylation is 1. The Kier molecular flexibility index (Phi) is 4.25. The van der Waals surface area contributed by atoms with Gasteiger partial charge in [-0.2, -0.15) is 0 Å². The number of hydrogen-bond acceptors (Lipinski definition) is 3. The summed E-state index contributed by atoms with van der Waals surface area (Å²) in [5.41, 5.74) is 2.83. The highest BCUT2D eigenvalue weighted by Crippen LogP contribution is 2.47. The predicted molar refractivity (Wildman–Crippen MR) is 72.8 cm³/mol. The van der Waals surface area contributed by atoms with E-state index in [-0.39, 0.29) is 0 Å². The zero-order valence-electron chi connectivity index (χ0n) is 11.3. The molecule has 0 aliphatic heterocycles. The Bertz CT molecular complexity index is 399. The summed E-state index contributed by atoms with van der Waals surface area (Å²) in [5, 5.41) is 12.5. The fourth-order valence-electron chi connectivity index (χ4n) is 2.44. The molecule has 100 valence electrons. The van der Waals surface area contributed by atoms with Gasteiger partial charge in [-0.25, -0.2) is 0 Å². The van der Waals surface area contributed by atoms with Crippen molar-refractivity contribution in [3.05, 3.63) is 29.3 Å². The minimum Gasteiger partial charge on any atom is -0.496 e. The van der Waals surface area contributed by atoms with Gasteiger partial charge in [0.05, 0.1) is 7.11 Å². The topological polar surface area (TPSA) is 41.5 Å². The molecule has 0 unspecified atom stereocenters. The molecule has 1 aliphatic rings. The van der Waals surface area contributed by atoms with E-state index in [0.717, 1.165) is 25.3 Å². The highest BCUT2D eigenvalue weighted by molar-refractivity contribution is 5.36. The van der Waals surface area contributed by atoms with E-state index in [4.69, 9.17) is 9.84 Å². The van der Waals surface area contributed by atoms with Crippen molar-refractivity contribution in [3.63, 3.8) is 0 Å². The molecule has 1 saturated carbocycles. The van der Waals surface area contributed by atoms with Crippen LogP contribution in [0.3, 0.4) is 0 Å². The molecule has 0 radical (unpaired) electrons. The minimum atomic E-state index is 0.301. The van der Waals surface area contributed by atoms with Gasteiger partial charge in [0.1, 0.15) is 5.75 Å². The first-order valence-electron chi connectivity index (χ1n) is 6.64. The molecule has 2 rings (SSSR count). The third kappa shape index (κ3) is 3.24. The number of aliphatic hydroxyl groups is 1. The van der Waals surface area contributed by atoms with E-state index < -0.39 is 0 Å². The normalized spacial score (nSPS) is 16.6. The molecule has 3 heteroatoms. The van der Waals surface area contributed by atoms with Crippen LogP contribution >= 0.6 is 0 Å². The molecular formula is C15H23NO2. The van der Waals surface area contributed by atoms with Crippen molar-refractivity contribution in [1.29, 1.82) is 0 Å². The quantitative estimate of drug-likeness (QED) is 0.779. The molecule has 0 aromatic heterocycles. The van der Waals surface area contributed by atoms with Crippen LogP contribution in [0.4, 0.5) is 0 Å². The lowest BCUT2D eigenvalue weighted by Crippen LogP contribution is -2.24. The molecule has 0 bridgehead atoms. The summed E-state index contributed by atoms with van der Waals surface area (Å²) >= 11 is 0. The van der Waals surface area contributed by atoms with Crippen LogP contribution in [0.1, 0.15) is 30.4 Å². The lowest BCUT2D eigenvalue weighted by atomic mass is 10.0. The molecule has 0 spiro atoms. The van der Waals surface area contributed by atoms with Crippen LogP contribution in [0, 0.1) is 12.3 Å². The Morgan fingerprint density at radius 1 is 1.39 bits per heavy atom. The monoisotopic (exact) mass is 249 g/mol. The van der Waals surface area contributed by atoms with Crippen LogP contribution < -0.4 is 10.1 Å². The van der Waals surface area contributed by atoms with Gasteiger partial charge in [0.15, 0.2) is 0 Å². The Hall–Kier alpha value is -1.06. The van der Waals surface area contributed by atoms with E-state index >= 15 is 0 Å². The Labute approximate surface area is 109 Å². The van der Waals surface area contributed by atoms with Crippen LogP contribution in [0.25, 0.3) is 0 Å². The molecule has 0 atom stereocenters. The summed E-state index contributed by atoms with van der Waals surface area (Å²) in [6.07, 6.45) is 3.40. The van der Waals surface area contributed by atoms with Crippen LogP contribution in [0.15, 0.2) is 18.2 Å². The molecule has 1 aliphatic carbocycles. The largest absolute Gasteiger partial charge is 0.496 e. The van der Waals surface area contributed by atoms with E-state index in [2.05, 4.69) is 24.4 Å². The lowest BCUT2D eigenvalue weighted by Gasteiger charge is -2.16. The van der Waals surface area contributed by atoms with Crippen molar-refractivity contribution in [2.24, 2.45) is 5.41 Å². The number of rotatable bonds is 7.